The average molecular weight is 192 g/mol. The van der Waals surface area contributed by atoms with Gasteiger partial charge in [0.15, 0.2) is 0 Å². The smallest absolute Gasteiger partial charge is 0.127 e. The van der Waals surface area contributed by atoms with Crippen LogP contribution >= 0.6 is 0 Å². The van der Waals surface area contributed by atoms with Gasteiger partial charge in [-0.1, -0.05) is 0 Å². The van der Waals surface area contributed by atoms with E-state index in [4.69, 9.17) is 10.5 Å². The molecule has 0 unspecified atom stereocenters. The van der Waals surface area contributed by atoms with Gasteiger partial charge in [-0.05, 0) is 25.7 Å². The predicted octanol–water partition coefficient (Wildman–Crippen LogP) is 1.64. The van der Waals surface area contributed by atoms with Crippen LogP contribution in [0.1, 0.15) is 24.1 Å². The average Bonchev–Trinajstić information content (AvgIpc) is 2.98. The zero-order valence-corrected chi connectivity index (χ0v) is 8.49. The lowest BCUT2D eigenvalue weighted by molar-refractivity contribution is 0.296. The first kappa shape index (κ1) is 9.46. The van der Waals surface area contributed by atoms with E-state index in [1.54, 1.807) is 6.20 Å². The topological polar surface area (TPSA) is 48.1 Å². The molecule has 14 heavy (non-hydrogen) atoms. The van der Waals surface area contributed by atoms with Gasteiger partial charge in [0, 0.05) is 30.1 Å². The van der Waals surface area contributed by atoms with Crippen molar-refractivity contribution in [2.75, 3.05) is 6.61 Å². The van der Waals surface area contributed by atoms with E-state index < -0.39 is 0 Å². The Kier molecular flexibility index (Phi) is 2.68. The Hall–Kier alpha value is -1.09. The fourth-order valence-electron chi connectivity index (χ4n) is 1.34. The van der Waals surface area contributed by atoms with Gasteiger partial charge in [0.25, 0.3) is 0 Å². The first-order valence-electron chi connectivity index (χ1n) is 5.08. The molecule has 0 atom stereocenters. The predicted molar refractivity (Wildman–Crippen MR) is 55.1 cm³/mol. The molecular weight excluding hydrogens is 176 g/mol. The first-order chi connectivity index (χ1) is 6.79. The number of pyridine rings is 1. The number of nitrogens with zero attached hydrogens (tertiary/aromatic N) is 1. The van der Waals surface area contributed by atoms with E-state index in [1.165, 1.54) is 12.8 Å². The Morgan fingerprint density at radius 1 is 1.57 bits per heavy atom. The standard InChI is InChI=1S/C11H16N2O/c1-8-4-11(10(5-12)6-13-8)14-7-9-2-3-9/h4,6,9H,2-3,5,7,12H2,1H3. The molecule has 1 heterocycles. The Labute approximate surface area is 84.3 Å². The number of ether oxygens (including phenoxy) is 1. The second-order valence-electron chi connectivity index (χ2n) is 3.89. The highest BCUT2D eigenvalue weighted by Crippen LogP contribution is 2.30. The Balaban J connectivity index is 2.07. The normalized spacial score (nSPS) is 15.6. The summed E-state index contributed by atoms with van der Waals surface area (Å²) in [7, 11) is 0. The maximum absolute atomic E-state index is 5.71. The number of hydrogen-bond acceptors (Lipinski definition) is 3. The summed E-state index contributed by atoms with van der Waals surface area (Å²) in [5, 5.41) is 0. The van der Waals surface area contributed by atoms with Crippen LogP contribution in [0.4, 0.5) is 0 Å². The fourth-order valence-corrected chi connectivity index (χ4v) is 1.34. The second-order valence-corrected chi connectivity index (χ2v) is 3.89. The van der Waals surface area contributed by atoms with Crippen LogP contribution in [-0.2, 0) is 6.54 Å². The van der Waals surface area contributed by atoms with Crippen LogP contribution in [0.5, 0.6) is 5.75 Å². The molecule has 2 rings (SSSR count). The lowest BCUT2D eigenvalue weighted by atomic mass is 10.2. The maximum atomic E-state index is 5.71. The van der Waals surface area contributed by atoms with Crippen molar-refractivity contribution in [2.24, 2.45) is 11.7 Å². The van der Waals surface area contributed by atoms with E-state index in [9.17, 15) is 0 Å². The van der Waals surface area contributed by atoms with E-state index in [0.717, 1.165) is 29.5 Å². The maximum Gasteiger partial charge on any atom is 0.127 e. The molecule has 1 aromatic rings. The van der Waals surface area contributed by atoms with Gasteiger partial charge in [-0.3, -0.25) is 4.98 Å². The van der Waals surface area contributed by atoms with E-state index >= 15 is 0 Å². The van der Waals surface area contributed by atoms with Gasteiger partial charge in [0.2, 0.25) is 0 Å². The van der Waals surface area contributed by atoms with Gasteiger partial charge in [-0.25, -0.2) is 0 Å². The van der Waals surface area contributed by atoms with Gasteiger partial charge >= 0.3 is 0 Å². The van der Waals surface area contributed by atoms with E-state index in [2.05, 4.69) is 4.98 Å². The minimum absolute atomic E-state index is 0.493. The Morgan fingerprint density at radius 3 is 3.00 bits per heavy atom. The van der Waals surface area contributed by atoms with Crippen molar-refractivity contribution in [1.82, 2.24) is 4.98 Å². The highest BCUT2D eigenvalue weighted by Gasteiger charge is 2.22. The minimum atomic E-state index is 0.493. The third-order valence-electron chi connectivity index (χ3n) is 2.47. The molecule has 0 aromatic carbocycles. The summed E-state index contributed by atoms with van der Waals surface area (Å²) >= 11 is 0. The molecule has 0 spiro atoms. The third-order valence-corrected chi connectivity index (χ3v) is 2.47. The highest BCUT2D eigenvalue weighted by atomic mass is 16.5. The van der Waals surface area contributed by atoms with Crippen LogP contribution in [0, 0.1) is 12.8 Å². The summed E-state index contributed by atoms with van der Waals surface area (Å²) in [6, 6.07) is 1.96. The van der Waals surface area contributed by atoms with Crippen LogP contribution in [-0.4, -0.2) is 11.6 Å². The van der Waals surface area contributed by atoms with Gasteiger partial charge < -0.3 is 10.5 Å². The number of hydrogen-bond donors (Lipinski definition) is 1. The van der Waals surface area contributed by atoms with Crippen molar-refractivity contribution in [2.45, 2.75) is 26.3 Å². The van der Waals surface area contributed by atoms with Gasteiger partial charge in [-0.2, -0.15) is 0 Å². The molecule has 0 bridgehead atoms. The number of aryl methyl sites for hydroxylation is 1. The minimum Gasteiger partial charge on any atom is -0.493 e. The number of aromatic nitrogens is 1. The van der Waals surface area contributed by atoms with Gasteiger partial charge in [0.1, 0.15) is 5.75 Å². The van der Waals surface area contributed by atoms with Crippen molar-refractivity contribution in [1.29, 1.82) is 0 Å². The lowest BCUT2D eigenvalue weighted by Crippen LogP contribution is -2.06. The molecule has 3 heteroatoms. The molecule has 1 aliphatic rings. The van der Waals surface area contributed by atoms with Crippen molar-refractivity contribution >= 4 is 0 Å². The zero-order valence-electron chi connectivity index (χ0n) is 8.49. The molecule has 0 aliphatic heterocycles. The number of rotatable bonds is 4. The van der Waals surface area contributed by atoms with Crippen LogP contribution in [0.2, 0.25) is 0 Å². The van der Waals surface area contributed by atoms with Crippen LogP contribution in [0.3, 0.4) is 0 Å². The van der Waals surface area contributed by atoms with Crippen molar-refractivity contribution < 1.29 is 4.74 Å². The summed E-state index contributed by atoms with van der Waals surface area (Å²) in [6.45, 7) is 3.29. The van der Waals surface area contributed by atoms with Gasteiger partial charge in [0.05, 0.1) is 6.61 Å². The molecule has 76 valence electrons. The molecule has 1 saturated carbocycles. The van der Waals surface area contributed by atoms with E-state index in [1.807, 2.05) is 13.0 Å². The SMILES string of the molecule is Cc1cc(OCC2CC2)c(CN)cn1. The summed E-state index contributed by atoms with van der Waals surface area (Å²) in [4.78, 5) is 4.19. The van der Waals surface area contributed by atoms with Crippen LogP contribution < -0.4 is 10.5 Å². The summed E-state index contributed by atoms with van der Waals surface area (Å²) in [5.41, 5.74) is 7.58. The molecule has 1 aliphatic carbocycles. The van der Waals surface area contributed by atoms with Crippen molar-refractivity contribution in [3.63, 3.8) is 0 Å². The number of nitrogens with two attached hydrogens (primary N) is 1. The highest BCUT2D eigenvalue weighted by molar-refractivity contribution is 5.32. The molecule has 1 aromatic heterocycles. The quantitative estimate of drug-likeness (QED) is 0.788. The van der Waals surface area contributed by atoms with Crippen LogP contribution in [0.25, 0.3) is 0 Å². The molecule has 1 fully saturated rings. The van der Waals surface area contributed by atoms with Crippen molar-refractivity contribution in [3.05, 3.63) is 23.5 Å². The van der Waals surface area contributed by atoms with Gasteiger partial charge in [-0.15, -0.1) is 0 Å². The van der Waals surface area contributed by atoms with Crippen molar-refractivity contribution in [3.8, 4) is 5.75 Å². The third kappa shape index (κ3) is 2.23. The van der Waals surface area contributed by atoms with E-state index in [0.29, 0.717) is 6.54 Å². The monoisotopic (exact) mass is 192 g/mol. The zero-order chi connectivity index (χ0) is 9.97. The lowest BCUT2D eigenvalue weighted by Gasteiger charge is -2.09. The molecule has 0 amide bonds. The summed E-state index contributed by atoms with van der Waals surface area (Å²) < 4.78 is 5.71. The Bertz CT molecular complexity index is 321. The van der Waals surface area contributed by atoms with Crippen LogP contribution in [0.15, 0.2) is 12.3 Å². The fraction of sp³-hybridized carbons (Fsp3) is 0.545. The molecule has 0 saturated heterocycles. The van der Waals surface area contributed by atoms with E-state index in [-0.39, 0.29) is 0 Å². The second kappa shape index (κ2) is 3.96. The molecule has 2 N–H and O–H groups in total. The molecule has 3 nitrogen and oxygen atoms in total. The molecular formula is C11H16N2O. The largest absolute Gasteiger partial charge is 0.493 e. The summed E-state index contributed by atoms with van der Waals surface area (Å²) in [5.74, 6) is 1.68. The first-order valence-corrected chi connectivity index (χ1v) is 5.08. The summed E-state index contributed by atoms with van der Waals surface area (Å²) in [6.07, 6.45) is 4.42. The Morgan fingerprint density at radius 2 is 2.36 bits per heavy atom. The molecule has 0 radical (unpaired) electrons.